The molecule has 0 aliphatic carbocycles. The molecule has 0 radical (unpaired) electrons. The number of terminal acetylenes is 1. The number of hydrazine groups is 1. The van der Waals surface area contributed by atoms with Crippen LogP contribution in [0.15, 0.2) is 29.1 Å². The first-order valence-electron chi connectivity index (χ1n) is 7.16. The average Bonchev–Trinajstić information content (AvgIpc) is 2.54. The van der Waals surface area contributed by atoms with Crippen molar-refractivity contribution in [3.05, 3.63) is 46.1 Å². The molecular weight excluding hydrogens is 278 g/mol. The van der Waals surface area contributed by atoms with Crippen LogP contribution in [0, 0.1) is 12.3 Å². The molecular formula is C16H19N5O. The Kier molecular flexibility index (Phi) is 4.92. The summed E-state index contributed by atoms with van der Waals surface area (Å²) in [5, 5.41) is 1.19. The van der Waals surface area contributed by atoms with Crippen LogP contribution < -0.4 is 16.5 Å². The molecule has 2 rings (SSSR count). The number of hydrogen-bond donors (Lipinski definition) is 1. The predicted octanol–water partition coefficient (Wildman–Crippen LogP) is 1.07. The molecule has 0 saturated carbocycles. The van der Waals surface area contributed by atoms with Crippen LogP contribution in [0.25, 0.3) is 5.69 Å². The Morgan fingerprint density at radius 1 is 1.27 bits per heavy atom. The van der Waals surface area contributed by atoms with E-state index in [4.69, 9.17) is 12.3 Å². The highest BCUT2D eigenvalue weighted by atomic mass is 16.1. The summed E-state index contributed by atoms with van der Waals surface area (Å²) < 4.78 is 1.53. The third kappa shape index (κ3) is 3.00. The summed E-state index contributed by atoms with van der Waals surface area (Å²) in [6.45, 7) is 4.11. The minimum atomic E-state index is -0.407. The lowest BCUT2D eigenvalue weighted by Gasteiger charge is -2.17. The molecule has 0 unspecified atom stereocenters. The van der Waals surface area contributed by atoms with Gasteiger partial charge in [0.1, 0.15) is 5.82 Å². The zero-order valence-corrected chi connectivity index (χ0v) is 12.8. The van der Waals surface area contributed by atoms with Crippen LogP contribution in [-0.2, 0) is 12.8 Å². The second-order valence-corrected chi connectivity index (χ2v) is 4.73. The number of nitrogens with two attached hydrogens (primary N) is 1. The molecule has 2 N–H and O–H groups in total. The van der Waals surface area contributed by atoms with Gasteiger partial charge in [0.25, 0.3) is 0 Å². The maximum Gasteiger partial charge on any atom is 0.356 e. The van der Waals surface area contributed by atoms with E-state index < -0.39 is 5.69 Å². The van der Waals surface area contributed by atoms with Crippen molar-refractivity contribution in [2.45, 2.75) is 26.7 Å². The van der Waals surface area contributed by atoms with Crippen LogP contribution in [0.2, 0.25) is 0 Å². The van der Waals surface area contributed by atoms with Crippen molar-refractivity contribution in [3.63, 3.8) is 0 Å². The molecule has 0 spiro atoms. The fourth-order valence-electron chi connectivity index (χ4n) is 2.24. The molecule has 114 valence electrons. The van der Waals surface area contributed by atoms with Crippen LogP contribution >= 0.6 is 0 Å². The molecule has 22 heavy (non-hydrogen) atoms. The van der Waals surface area contributed by atoms with Crippen molar-refractivity contribution in [2.75, 3.05) is 11.6 Å². The van der Waals surface area contributed by atoms with Crippen LogP contribution in [0.3, 0.4) is 0 Å². The normalized spacial score (nSPS) is 10.3. The smallest absolute Gasteiger partial charge is 0.266 e. The van der Waals surface area contributed by atoms with Crippen molar-refractivity contribution in [1.82, 2.24) is 14.5 Å². The second-order valence-electron chi connectivity index (χ2n) is 4.73. The van der Waals surface area contributed by atoms with Gasteiger partial charge in [-0.15, -0.1) is 6.42 Å². The standard InChI is InChI=1S/C16H19N5O/c1-4-11-20(17)15-18-14(6-3)21(16(22)19-15)13-10-8-7-9-12(13)5-2/h1,7-10H,5-6,11,17H2,2-3H3. The largest absolute Gasteiger partial charge is 0.356 e. The van der Waals surface area contributed by atoms with Crippen LogP contribution in [0.4, 0.5) is 5.95 Å². The molecule has 1 heterocycles. The fourth-order valence-corrected chi connectivity index (χ4v) is 2.24. The lowest BCUT2D eigenvalue weighted by molar-refractivity contribution is 0.737. The first-order valence-corrected chi connectivity index (χ1v) is 7.16. The van der Waals surface area contributed by atoms with Gasteiger partial charge in [0, 0.05) is 6.42 Å². The zero-order chi connectivity index (χ0) is 16.1. The van der Waals surface area contributed by atoms with Crippen molar-refractivity contribution >= 4 is 5.95 Å². The molecule has 0 atom stereocenters. The van der Waals surface area contributed by atoms with Gasteiger partial charge in [-0.05, 0) is 18.1 Å². The highest BCUT2D eigenvalue weighted by Crippen LogP contribution is 2.15. The van der Waals surface area contributed by atoms with Gasteiger partial charge in [0.15, 0.2) is 0 Å². The minimum Gasteiger partial charge on any atom is -0.266 e. The van der Waals surface area contributed by atoms with Crippen molar-refractivity contribution in [2.24, 2.45) is 5.84 Å². The van der Waals surface area contributed by atoms with E-state index in [1.54, 1.807) is 0 Å². The second kappa shape index (κ2) is 6.87. The monoisotopic (exact) mass is 297 g/mol. The summed E-state index contributed by atoms with van der Waals surface area (Å²) in [6.07, 6.45) is 6.61. The number of aromatic nitrogens is 3. The average molecular weight is 297 g/mol. The summed E-state index contributed by atoms with van der Waals surface area (Å²) in [6, 6.07) is 7.72. The van der Waals surface area contributed by atoms with E-state index >= 15 is 0 Å². The molecule has 1 aromatic heterocycles. The third-order valence-electron chi connectivity index (χ3n) is 3.32. The molecule has 0 aliphatic heterocycles. The van der Waals surface area contributed by atoms with Crippen LogP contribution in [0.1, 0.15) is 25.2 Å². The number of anilines is 1. The van der Waals surface area contributed by atoms with Gasteiger partial charge in [0.05, 0.1) is 12.2 Å². The third-order valence-corrected chi connectivity index (χ3v) is 3.32. The van der Waals surface area contributed by atoms with E-state index in [0.717, 1.165) is 17.7 Å². The number of rotatable bonds is 5. The molecule has 1 aromatic carbocycles. The zero-order valence-electron chi connectivity index (χ0n) is 12.8. The number of nitrogens with zero attached hydrogens (tertiary/aromatic N) is 4. The van der Waals surface area contributed by atoms with Crippen molar-refractivity contribution in [3.8, 4) is 18.0 Å². The highest BCUT2D eigenvalue weighted by molar-refractivity contribution is 5.42. The van der Waals surface area contributed by atoms with E-state index in [0.29, 0.717) is 12.2 Å². The maximum absolute atomic E-state index is 12.5. The Bertz CT molecular complexity index is 760. The van der Waals surface area contributed by atoms with Gasteiger partial charge >= 0.3 is 5.69 Å². The number of para-hydroxylation sites is 1. The maximum atomic E-state index is 12.5. The van der Waals surface area contributed by atoms with Gasteiger partial charge in [-0.2, -0.15) is 9.97 Å². The Labute approximate surface area is 129 Å². The molecule has 2 aromatic rings. The van der Waals surface area contributed by atoms with E-state index in [9.17, 15) is 4.79 Å². The summed E-state index contributed by atoms with van der Waals surface area (Å²) in [4.78, 5) is 20.8. The summed E-state index contributed by atoms with van der Waals surface area (Å²) in [5.41, 5.74) is 1.46. The minimum absolute atomic E-state index is 0.137. The lowest BCUT2D eigenvalue weighted by Crippen LogP contribution is -2.37. The number of hydrogen-bond acceptors (Lipinski definition) is 5. The topological polar surface area (TPSA) is 77.0 Å². The Morgan fingerprint density at radius 2 is 2.00 bits per heavy atom. The molecule has 6 nitrogen and oxygen atoms in total. The lowest BCUT2D eigenvalue weighted by atomic mass is 10.1. The first-order chi connectivity index (χ1) is 10.6. The summed E-state index contributed by atoms with van der Waals surface area (Å²) in [5.74, 6) is 8.90. The highest BCUT2D eigenvalue weighted by Gasteiger charge is 2.15. The summed E-state index contributed by atoms with van der Waals surface area (Å²) >= 11 is 0. The van der Waals surface area contributed by atoms with Gasteiger partial charge in [-0.3, -0.25) is 5.01 Å². The van der Waals surface area contributed by atoms with E-state index in [1.165, 1.54) is 9.58 Å². The van der Waals surface area contributed by atoms with Crippen molar-refractivity contribution in [1.29, 1.82) is 0 Å². The van der Waals surface area contributed by atoms with Gasteiger partial charge < -0.3 is 0 Å². The molecule has 0 saturated heterocycles. The van der Waals surface area contributed by atoms with E-state index in [2.05, 4.69) is 15.9 Å². The van der Waals surface area contributed by atoms with Gasteiger partial charge in [0.2, 0.25) is 5.95 Å². The van der Waals surface area contributed by atoms with E-state index in [1.807, 2.05) is 38.1 Å². The van der Waals surface area contributed by atoms with E-state index in [-0.39, 0.29) is 12.5 Å². The van der Waals surface area contributed by atoms with Gasteiger partial charge in [-0.1, -0.05) is 38.0 Å². The Balaban J connectivity index is 2.63. The fraction of sp³-hybridized carbons (Fsp3) is 0.312. The number of aryl methyl sites for hydroxylation is 2. The van der Waals surface area contributed by atoms with Gasteiger partial charge in [-0.25, -0.2) is 15.2 Å². The Morgan fingerprint density at radius 3 is 2.64 bits per heavy atom. The quantitative estimate of drug-likeness (QED) is 0.507. The molecule has 6 heteroatoms. The molecule has 0 fully saturated rings. The molecule has 0 amide bonds. The first kappa shape index (κ1) is 15.7. The molecule has 0 bridgehead atoms. The predicted molar refractivity (Wildman–Crippen MR) is 86.8 cm³/mol. The number of benzene rings is 1. The Hall–Kier alpha value is -2.65. The SMILES string of the molecule is C#CCN(N)c1nc(CC)n(-c2ccccc2CC)c(=O)n1. The van der Waals surface area contributed by atoms with Crippen molar-refractivity contribution < 1.29 is 0 Å². The summed E-state index contributed by atoms with van der Waals surface area (Å²) in [7, 11) is 0. The van der Waals surface area contributed by atoms with Crippen LogP contribution in [-0.4, -0.2) is 21.1 Å². The van der Waals surface area contributed by atoms with Crippen LogP contribution in [0.5, 0.6) is 0 Å². The molecule has 0 aliphatic rings.